The zero-order valence-electron chi connectivity index (χ0n) is 9.87. The van der Waals surface area contributed by atoms with E-state index < -0.39 is 0 Å². The summed E-state index contributed by atoms with van der Waals surface area (Å²) in [6.07, 6.45) is 3.18. The minimum absolute atomic E-state index is 0.133. The molecule has 0 bridgehead atoms. The molecular formula is C13H14BrN3O. The van der Waals surface area contributed by atoms with Crippen LogP contribution < -0.4 is 11.1 Å². The Bertz CT molecular complexity index is 517. The second-order valence-corrected chi connectivity index (χ2v) is 5.66. The summed E-state index contributed by atoms with van der Waals surface area (Å²) in [6, 6.07) is 7.21. The Balaban J connectivity index is 2.07. The van der Waals surface area contributed by atoms with Crippen molar-refractivity contribution in [2.24, 2.45) is 5.73 Å². The highest BCUT2D eigenvalue weighted by Gasteiger charge is 2.34. The summed E-state index contributed by atoms with van der Waals surface area (Å²) >= 11 is 3.32. The Morgan fingerprint density at radius 2 is 2.28 bits per heavy atom. The van der Waals surface area contributed by atoms with E-state index in [-0.39, 0.29) is 11.4 Å². The van der Waals surface area contributed by atoms with Crippen molar-refractivity contribution in [3.8, 4) is 6.07 Å². The number of hydrogen-bond acceptors (Lipinski definition) is 3. The Morgan fingerprint density at radius 3 is 2.83 bits per heavy atom. The summed E-state index contributed by atoms with van der Waals surface area (Å²) in [6.45, 7) is 0. The number of halogens is 1. The fraction of sp³-hybridized carbons (Fsp3) is 0.385. The molecule has 0 saturated heterocycles. The first-order valence-corrected chi connectivity index (χ1v) is 6.60. The van der Waals surface area contributed by atoms with Gasteiger partial charge in [-0.25, -0.2) is 0 Å². The van der Waals surface area contributed by atoms with Gasteiger partial charge in [-0.2, -0.15) is 5.26 Å². The van der Waals surface area contributed by atoms with Crippen molar-refractivity contribution >= 4 is 27.5 Å². The van der Waals surface area contributed by atoms with E-state index in [9.17, 15) is 4.79 Å². The van der Waals surface area contributed by atoms with Gasteiger partial charge >= 0.3 is 0 Å². The zero-order valence-corrected chi connectivity index (χ0v) is 11.5. The third-order valence-electron chi connectivity index (χ3n) is 3.24. The number of nitrogens with two attached hydrogens (primary N) is 1. The van der Waals surface area contributed by atoms with Crippen LogP contribution in [-0.2, 0) is 4.79 Å². The smallest absolute Gasteiger partial charge is 0.226 e. The van der Waals surface area contributed by atoms with E-state index in [1.165, 1.54) is 0 Å². The molecule has 1 aliphatic rings. The molecule has 94 valence electrons. The van der Waals surface area contributed by atoms with E-state index >= 15 is 0 Å². The number of nitrogens with zero attached hydrogens (tertiary/aromatic N) is 1. The van der Waals surface area contributed by atoms with Crippen LogP contribution in [0.3, 0.4) is 0 Å². The highest BCUT2D eigenvalue weighted by molar-refractivity contribution is 9.10. The molecule has 0 radical (unpaired) electrons. The third-order valence-corrected chi connectivity index (χ3v) is 3.73. The van der Waals surface area contributed by atoms with Crippen molar-refractivity contribution in [2.75, 3.05) is 5.32 Å². The molecule has 0 aliphatic heterocycles. The van der Waals surface area contributed by atoms with Crippen molar-refractivity contribution in [2.45, 2.75) is 31.2 Å². The third kappa shape index (κ3) is 2.89. The van der Waals surface area contributed by atoms with Crippen LogP contribution in [0.2, 0.25) is 0 Å². The van der Waals surface area contributed by atoms with Gasteiger partial charge in [-0.15, -0.1) is 0 Å². The fourth-order valence-electron chi connectivity index (χ4n) is 2.04. The minimum Gasteiger partial charge on any atom is -0.325 e. The molecule has 1 aliphatic carbocycles. The lowest BCUT2D eigenvalue weighted by atomic mass is 9.75. The van der Waals surface area contributed by atoms with Crippen molar-refractivity contribution in [1.29, 1.82) is 5.26 Å². The molecule has 2 rings (SSSR count). The molecule has 0 spiro atoms. The number of nitrogens with one attached hydrogen (secondary N) is 1. The van der Waals surface area contributed by atoms with E-state index in [0.717, 1.165) is 23.7 Å². The molecule has 0 unspecified atom stereocenters. The van der Waals surface area contributed by atoms with Gasteiger partial charge in [0, 0.05) is 16.4 Å². The zero-order chi connectivity index (χ0) is 13.2. The Labute approximate surface area is 114 Å². The number of carbonyl (C=O) groups excluding carboxylic acids is 1. The Morgan fingerprint density at radius 1 is 1.56 bits per heavy atom. The number of benzene rings is 1. The fourth-order valence-corrected chi connectivity index (χ4v) is 2.40. The minimum atomic E-state index is -0.344. The van der Waals surface area contributed by atoms with E-state index in [0.29, 0.717) is 17.7 Å². The van der Waals surface area contributed by atoms with Crippen LogP contribution in [0.4, 0.5) is 5.69 Å². The lowest BCUT2D eigenvalue weighted by Gasteiger charge is -2.37. The molecule has 18 heavy (non-hydrogen) atoms. The highest BCUT2D eigenvalue weighted by atomic mass is 79.9. The molecule has 1 aromatic carbocycles. The average molecular weight is 308 g/mol. The predicted molar refractivity (Wildman–Crippen MR) is 72.9 cm³/mol. The molecule has 1 aromatic rings. The summed E-state index contributed by atoms with van der Waals surface area (Å²) in [5, 5.41) is 11.7. The quantitative estimate of drug-likeness (QED) is 0.900. The number of amides is 1. The van der Waals surface area contributed by atoms with Gasteiger partial charge in [0.05, 0.1) is 11.3 Å². The largest absolute Gasteiger partial charge is 0.325 e. The van der Waals surface area contributed by atoms with Crippen LogP contribution >= 0.6 is 15.9 Å². The van der Waals surface area contributed by atoms with Crippen molar-refractivity contribution in [3.63, 3.8) is 0 Å². The normalized spacial score (nSPS) is 16.5. The maximum Gasteiger partial charge on any atom is 0.226 e. The number of carbonyl (C=O) groups is 1. The molecule has 0 heterocycles. The van der Waals surface area contributed by atoms with Crippen molar-refractivity contribution < 1.29 is 4.79 Å². The molecule has 0 atom stereocenters. The Kier molecular flexibility index (Phi) is 3.69. The maximum atomic E-state index is 11.9. The van der Waals surface area contributed by atoms with Gasteiger partial charge in [-0.1, -0.05) is 15.9 Å². The molecule has 4 nitrogen and oxygen atoms in total. The van der Waals surface area contributed by atoms with Crippen molar-refractivity contribution in [1.82, 2.24) is 0 Å². The first kappa shape index (κ1) is 13.1. The van der Waals surface area contributed by atoms with Crippen LogP contribution in [0.25, 0.3) is 0 Å². The van der Waals surface area contributed by atoms with E-state index in [4.69, 9.17) is 11.0 Å². The second-order valence-electron chi connectivity index (χ2n) is 4.74. The summed E-state index contributed by atoms with van der Waals surface area (Å²) in [7, 11) is 0. The molecule has 0 aromatic heterocycles. The van der Waals surface area contributed by atoms with Crippen LogP contribution in [-0.4, -0.2) is 11.4 Å². The van der Waals surface area contributed by atoms with Crippen LogP contribution in [0.1, 0.15) is 31.2 Å². The van der Waals surface area contributed by atoms with Gasteiger partial charge < -0.3 is 11.1 Å². The SMILES string of the molecule is N#Cc1ccc(Br)cc1NC(=O)CC1(N)CCC1. The molecule has 3 N–H and O–H groups in total. The van der Waals surface area contributed by atoms with Crippen LogP contribution in [0.5, 0.6) is 0 Å². The lowest BCUT2D eigenvalue weighted by molar-refractivity contribution is -0.118. The predicted octanol–water partition coefficient (Wildman–Crippen LogP) is 2.53. The topological polar surface area (TPSA) is 78.9 Å². The van der Waals surface area contributed by atoms with Crippen LogP contribution in [0, 0.1) is 11.3 Å². The van der Waals surface area contributed by atoms with E-state index in [2.05, 4.69) is 27.3 Å². The molecule has 5 heteroatoms. The van der Waals surface area contributed by atoms with E-state index in [1.54, 1.807) is 18.2 Å². The molecule has 1 amide bonds. The average Bonchev–Trinajstić information content (AvgIpc) is 2.27. The molecule has 1 saturated carbocycles. The standard InChI is InChI=1S/C13H14BrN3O/c14-10-3-2-9(8-15)11(6-10)17-12(18)7-13(16)4-1-5-13/h2-3,6H,1,4-5,7,16H2,(H,17,18). The van der Waals surface area contributed by atoms with Gasteiger partial charge in [0.15, 0.2) is 0 Å². The monoisotopic (exact) mass is 307 g/mol. The van der Waals surface area contributed by atoms with Gasteiger partial charge in [0.2, 0.25) is 5.91 Å². The summed E-state index contributed by atoms with van der Waals surface area (Å²) in [4.78, 5) is 11.9. The summed E-state index contributed by atoms with van der Waals surface area (Å²) in [5.41, 5.74) is 6.66. The van der Waals surface area contributed by atoms with Gasteiger partial charge in [0.1, 0.15) is 6.07 Å². The van der Waals surface area contributed by atoms with Crippen molar-refractivity contribution in [3.05, 3.63) is 28.2 Å². The molecule has 1 fully saturated rings. The first-order chi connectivity index (χ1) is 8.52. The number of hydrogen-bond donors (Lipinski definition) is 2. The van der Waals surface area contributed by atoms with Crippen LogP contribution in [0.15, 0.2) is 22.7 Å². The lowest BCUT2D eigenvalue weighted by Crippen LogP contribution is -2.48. The second kappa shape index (κ2) is 5.09. The number of anilines is 1. The first-order valence-electron chi connectivity index (χ1n) is 5.81. The summed E-state index contributed by atoms with van der Waals surface area (Å²) in [5.74, 6) is -0.133. The highest BCUT2D eigenvalue weighted by Crippen LogP contribution is 2.32. The molecular weight excluding hydrogens is 294 g/mol. The van der Waals surface area contributed by atoms with Gasteiger partial charge in [-0.3, -0.25) is 4.79 Å². The van der Waals surface area contributed by atoms with Gasteiger partial charge in [-0.05, 0) is 37.5 Å². The Hall–Kier alpha value is -1.38. The van der Waals surface area contributed by atoms with Gasteiger partial charge in [0.25, 0.3) is 0 Å². The summed E-state index contributed by atoms with van der Waals surface area (Å²) < 4.78 is 0.822. The van der Waals surface area contributed by atoms with E-state index in [1.807, 2.05) is 0 Å². The number of nitriles is 1. The number of rotatable bonds is 3. The maximum absolute atomic E-state index is 11.9.